The van der Waals surface area contributed by atoms with Gasteiger partial charge in [-0.15, -0.1) is 0 Å². The fourth-order valence-corrected chi connectivity index (χ4v) is 1.69. The Hall–Kier alpha value is -1.75. The molecule has 1 rings (SSSR count). The Labute approximate surface area is 92.7 Å². The van der Waals surface area contributed by atoms with E-state index in [0.29, 0.717) is 38.9 Å². The van der Waals surface area contributed by atoms with Crippen LogP contribution in [0.5, 0.6) is 0 Å². The molecular weight excluding hydrogens is 212 g/mol. The van der Waals surface area contributed by atoms with E-state index in [1.165, 1.54) is 0 Å². The summed E-state index contributed by atoms with van der Waals surface area (Å²) in [5.41, 5.74) is 8.04. The van der Waals surface area contributed by atoms with Gasteiger partial charge in [-0.3, -0.25) is 9.59 Å². The smallest absolute Gasteiger partial charge is 0.308 e. The van der Waals surface area contributed by atoms with Gasteiger partial charge in [0.1, 0.15) is 0 Å². The fourth-order valence-electron chi connectivity index (χ4n) is 1.69. The Morgan fingerprint density at radius 3 is 2.88 bits per heavy atom. The summed E-state index contributed by atoms with van der Waals surface area (Å²) in [7, 11) is 0. The van der Waals surface area contributed by atoms with E-state index in [1.54, 1.807) is 4.90 Å². The molecule has 1 heterocycles. The molecule has 7 heteroatoms. The molecular formula is C9H14N4O3. The van der Waals surface area contributed by atoms with E-state index in [1.807, 2.05) is 0 Å². The lowest BCUT2D eigenvalue weighted by Crippen LogP contribution is -2.29. The van der Waals surface area contributed by atoms with Crippen LogP contribution >= 0.6 is 0 Å². The highest BCUT2D eigenvalue weighted by Gasteiger charge is 2.30. The molecule has 1 saturated heterocycles. The third-order valence-corrected chi connectivity index (χ3v) is 2.60. The van der Waals surface area contributed by atoms with Crippen molar-refractivity contribution in [1.29, 1.82) is 0 Å². The predicted octanol–water partition coefficient (Wildman–Crippen LogP) is 1.01. The molecule has 1 atom stereocenters. The van der Waals surface area contributed by atoms with Crippen LogP contribution < -0.4 is 0 Å². The number of hydrogen-bond donors (Lipinski definition) is 1. The standard InChI is InChI=1S/C9H14N4O3/c10-12-11-4-1-2-8(14)13-5-3-7(6-13)9(15)16/h7H,1-6H2,(H,15,16). The van der Waals surface area contributed by atoms with Gasteiger partial charge in [0, 0.05) is 31.0 Å². The van der Waals surface area contributed by atoms with Gasteiger partial charge in [-0.25, -0.2) is 0 Å². The minimum Gasteiger partial charge on any atom is -0.481 e. The SMILES string of the molecule is [N-]=[N+]=NCCCC(=O)N1CCC(C(=O)O)C1. The van der Waals surface area contributed by atoms with Gasteiger partial charge in [-0.05, 0) is 18.4 Å². The van der Waals surface area contributed by atoms with Crippen LogP contribution in [-0.4, -0.2) is 41.5 Å². The zero-order valence-corrected chi connectivity index (χ0v) is 8.87. The second-order valence-electron chi connectivity index (χ2n) is 3.72. The first-order chi connectivity index (χ1) is 7.65. The number of carbonyl (C=O) groups excluding carboxylic acids is 1. The molecule has 1 N–H and O–H groups in total. The predicted molar refractivity (Wildman–Crippen MR) is 55.6 cm³/mol. The first-order valence-corrected chi connectivity index (χ1v) is 5.16. The summed E-state index contributed by atoms with van der Waals surface area (Å²) in [5, 5.41) is 12.1. The van der Waals surface area contributed by atoms with E-state index >= 15 is 0 Å². The molecule has 7 nitrogen and oxygen atoms in total. The summed E-state index contributed by atoms with van der Waals surface area (Å²) in [6.07, 6.45) is 1.35. The van der Waals surface area contributed by atoms with Crippen LogP contribution in [0, 0.1) is 5.92 Å². The molecule has 1 aliphatic heterocycles. The van der Waals surface area contributed by atoms with Crippen molar-refractivity contribution in [3.05, 3.63) is 10.4 Å². The molecule has 0 radical (unpaired) electrons. The number of azide groups is 1. The molecule has 1 fully saturated rings. The zero-order chi connectivity index (χ0) is 12.0. The van der Waals surface area contributed by atoms with Crippen molar-refractivity contribution in [2.75, 3.05) is 19.6 Å². The molecule has 0 aliphatic carbocycles. The molecule has 0 aromatic heterocycles. The maximum Gasteiger partial charge on any atom is 0.308 e. The van der Waals surface area contributed by atoms with Gasteiger partial charge >= 0.3 is 5.97 Å². The molecule has 0 bridgehead atoms. The second kappa shape index (κ2) is 5.97. The van der Waals surface area contributed by atoms with Gasteiger partial charge in [0.05, 0.1) is 5.92 Å². The van der Waals surface area contributed by atoms with Crippen molar-refractivity contribution in [1.82, 2.24) is 4.90 Å². The Bertz CT molecular complexity index is 325. The van der Waals surface area contributed by atoms with E-state index in [9.17, 15) is 9.59 Å². The van der Waals surface area contributed by atoms with E-state index in [-0.39, 0.29) is 5.91 Å². The van der Waals surface area contributed by atoms with Gasteiger partial charge in [-0.1, -0.05) is 5.11 Å². The van der Waals surface area contributed by atoms with E-state index in [4.69, 9.17) is 10.6 Å². The molecule has 1 amide bonds. The number of carboxylic acid groups (broad SMARTS) is 1. The molecule has 88 valence electrons. The third-order valence-electron chi connectivity index (χ3n) is 2.60. The maximum atomic E-state index is 11.6. The number of likely N-dealkylation sites (tertiary alicyclic amines) is 1. The van der Waals surface area contributed by atoms with Crippen LogP contribution in [0.1, 0.15) is 19.3 Å². The molecule has 0 aromatic rings. The van der Waals surface area contributed by atoms with Crippen LogP contribution in [0.15, 0.2) is 5.11 Å². The number of nitrogens with zero attached hydrogens (tertiary/aromatic N) is 4. The Kier molecular flexibility index (Phi) is 4.60. The minimum absolute atomic E-state index is 0.0584. The minimum atomic E-state index is -0.843. The number of carboxylic acids is 1. The van der Waals surface area contributed by atoms with Crippen molar-refractivity contribution in [2.45, 2.75) is 19.3 Å². The number of carbonyl (C=O) groups is 2. The normalized spacial score (nSPS) is 19.2. The van der Waals surface area contributed by atoms with Crippen molar-refractivity contribution in [2.24, 2.45) is 11.0 Å². The Balaban J connectivity index is 2.28. The quantitative estimate of drug-likeness (QED) is 0.327. The lowest BCUT2D eigenvalue weighted by atomic mass is 10.1. The summed E-state index contributed by atoms with van der Waals surface area (Å²) in [6, 6.07) is 0. The Morgan fingerprint density at radius 2 is 2.31 bits per heavy atom. The van der Waals surface area contributed by atoms with Gasteiger partial charge in [0.2, 0.25) is 5.91 Å². The second-order valence-corrected chi connectivity index (χ2v) is 3.72. The molecule has 0 saturated carbocycles. The van der Waals surface area contributed by atoms with E-state index in [2.05, 4.69) is 10.0 Å². The highest BCUT2D eigenvalue weighted by molar-refractivity contribution is 5.78. The monoisotopic (exact) mass is 226 g/mol. The molecule has 0 spiro atoms. The number of rotatable bonds is 5. The average Bonchev–Trinajstić information content (AvgIpc) is 2.73. The molecule has 0 aromatic carbocycles. The molecule has 1 unspecified atom stereocenters. The van der Waals surface area contributed by atoms with E-state index in [0.717, 1.165) is 0 Å². The van der Waals surface area contributed by atoms with Gasteiger partial charge in [0.15, 0.2) is 0 Å². The molecule has 16 heavy (non-hydrogen) atoms. The van der Waals surface area contributed by atoms with Crippen molar-refractivity contribution < 1.29 is 14.7 Å². The number of amides is 1. The topological polar surface area (TPSA) is 106 Å². The fraction of sp³-hybridized carbons (Fsp3) is 0.778. The summed E-state index contributed by atoms with van der Waals surface area (Å²) in [4.78, 5) is 26.4. The zero-order valence-electron chi connectivity index (χ0n) is 8.87. The van der Waals surface area contributed by atoms with Gasteiger partial charge < -0.3 is 10.0 Å². The van der Waals surface area contributed by atoms with Crippen LogP contribution in [0.25, 0.3) is 10.4 Å². The van der Waals surface area contributed by atoms with Gasteiger partial charge in [0.25, 0.3) is 0 Å². The lowest BCUT2D eigenvalue weighted by Gasteiger charge is -2.15. The average molecular weight is 226 g/mol. The van der Waals surface area contributed by atoms with Crippen LogP contribution in [0.2, 0.25) is 0 Å². The highest BCUT2D eigenvalue weighted by atomic mass is 16.4. The number of aliphatic carboxylic acids is 1. The van der Waals surface area contributed by atoms with Crippen molar-refractivity contribution in [3.8, 4) is 0 Å². The van der Waals surface area contributed by atoms with Crippen molar-refractivity contribution in [3.63, 3.8) is 0 Å². The lowest BCUT2D eigenvalue weighted by molar-refractivity contribution is -0.141. The summed E-state index contributed by atoms with van der Waals surface area (Å²) < 4.78 is 0. The Morgan fingerprint density at radius 1 is 1.56 bits per heavy atom. The first kappa shape index (κ1) is 12.3. The third kappa shape index (κ3) is 3.43. The van der Waals surface area contributed by atoms with E-state index < -0.39 is 11.9 Å². The van der Waals surface area contributed by atoms with Gasteiger partial charge in [-0.2, -0.15) is 0 Å². The first-order valence-electron chi connectivity index (χ1n) is 5.16. The maximum absolute atomic E-state index is 11.6. The van der Waals surface area contributed by atoms with Crippen LogP contribution in [0.4, 0.5) is 0 Å². The van der Waals surface area contributed by atoms with Crippen LogP contribution in [-0.2, 0) is 9.59 Å². The summed E-state index contributed by atoms with van der Waals surface area (Å²) in [6.45, 7) is 1.12. The van der Waals surface area contributed by atoms with Crippen LogP contribution in [0.3, 0.4) is 0 Å². The number of hydrogen-bond acceptors (Lipinski definition) is 3. The highest BCUT2D eigenvalue weighted by Crippen LogP contribution is 2.17. The largest absolute Gasteiger partial charge is 0.481 e. The van der Waals surface area contributed by atoms with Crippen molar-refractivity contribution >= 4 is 11.9 Å². The summed E-state index contributed by atoms with van der Waals surface area (Å²) >= 11 is 0. The molecule has 1 aliphatic rings. The summed E-state index contributed by atoms with van der Waals surface area (Å²) in [5.74, 6) is -1.33.